The topological polar surface area (TPSA) is 45.6 Å². The number of nitrogens with zero attached hydrogens (tertiary/aromatic N) is 2. The number of ether oxygens (including phenoxy) is 1. The van der Waals surface area contributed by atoms with E-state index in [4.69, 9.17) is 4.74 Å². The van der Waals surface area contributed by atoms with Crippen LogP contribution in [0.5, 0.6) is 0 Å². The molecule has 0 bridgehead atoms. The van der Waals surface area contributed by atoms with E-state index in [0.29, 0.717) is 0 Å². The molecule has 106 valence electrons. The third-order valence-corrected chi connectivity index (χ3v) is 3.50. The summed E-state index contributed by atoms with van der Waals surface area (Å²) in [6.07, 6.45) is 4.88. The van der Waals surface area contributed by atoms with Gasteiger partial charge in [-0.25, -0.2) is 4.98 Å². The molecule has 1 aromatic rings. The van der Waals surface area contributed by atoms with Crippen molar-refractivity contribution in [1.29, 1.82) is 0 Å². The highest BCUT2D eigenvalue weighted by Gasteiger charge is 2.23. The van der Waals surface area contributed by atoms with Crippen LogP contribution >= 0.6 is 0 Å². The lowest BCUT2D eigenvalue weighted by Gasteiger charge is -2.34. The van der Waals surface area contributed by atoms with Crippen LogP contribution in [0.4, 0.5) is 5.82 Å². The number of rotatable bonds is 5. The van der Waals surface area contributed by atoms with Gasteiger partial charge in [0.05, 0.1) is 12.2 Å². The van der Waals surface area contributed by atoms with Gasteiger partial charge >= 0.3 is 0 Å². The molecule has 2 atom stereocenters. The van der Waals surface area contributed by atoms with Crippen LogP contribution in [-0.4, -0.2) is 35.9 Å². The third-order valence-electron chi connectivity index (χ3n) is 3.50. The maximum atomic E-state index is 9.84. The van der Waals surface area contributed by atoms with Gasteiger partial charge in [0, 0.05) is 31.5 Å². The molecule has 2 heterocycles. The lowest BCUT2D eigenvalue weighted by Crippen LogP contribution is -2.40. The first-order valence-corrected chi connectivity index (χ1v) is 7.22. The van der Waals surface area contributed by atoms with Crippen LogP contribution in [0.1, 0.15) is 44.8 Å². The van der Waals surface area contributed by atoms with Crippen LogP contribution in [-0.2, 0) is 4.74 Å². The van der Waals surface area contributed by atoms with Gasteiger partial charge in [-0.1, -0.05) is 13.0 Å². The van der Waals surface area contributed by atoms with Gasteiger partial charge in [0.2, 0.25) is 0 Å². The summed E-state index contributed by atoms with van der Waals surface area (Å²) < 4.78 is 5.85. The first-order chi connectivity index (χ1) is 9.22. The number of pyridine rings is 1. The fourth-order valence-electron chi connectivity index (χ4n) is 2.55. The Bertz CT molecular complexity index is 395. The molecule has 0 radical (unpaired) electrons. The monoisotopic (exact) mass is 264 g/mol. The first-order valence-electron chi connectivity index (χ1n) is 7.22. The van der Waals surface area contributed by atoms with E-state index < -0.39 is 6.10 Å². The zero-order valence-electron chi connectivity index (χ0n) is 11.9. The third kappa shape index (κ3) is 3.67. The van der Waals surface area contributed by atoms with Crippen molar-refractivity contribution in [3.8, 4) is 0 Å². The van der Waals surface area contributed by atoms with Gasteiger partial charge in [-0.15, -0.1) is 0 Å². The van der Waals surface area contributed by atoms with Gasteiger partial charge in [-0.05, 0) is 32.3 Å². The highest BCUT2D eigenvalue weighted by atomic mass is 16.5. The highest BCUT2D eigenvalue weighted by Crippen LogP contribution is 2.26. The van der Waals surface area contributed by atoms with Gasteiger partial charge in [-0.2, -0.15) is 0 Å². The zero-order valence-corrected chi connectivity index (χ0v) is 11.9. The molecule has 1 saturated heterocycles. The highest BCUT2D eigenvalue weighted by molar-refractivity contribution is 5.48. The molecule has 1 N–H and O–H groups in total. The van der Waals surface area contributed by atoms with Crippen molar-refractivity contribution < 1.29 is 9.84 Å². The average Bonchev–Trinajstić information content (AvgIpc) is 2.45. The lowest BCUT2D eigenvalue weighted by molar-refractivity contribution is 0.0438. The zero-order chi connectivity index (χ0) is 13.7. The van der Waals surface area contributed by atoms with Gasteiger partial charge in [0.1, 0.15) is 5.82 Å². The fourth-order valence-corrected chi connectivity index (χ4v) is 2.55. The van der Waals surface area contributed by atoms with Crippen molar-refractivity contribution >= 4 is 5.82 Å². The second-order valence-corrected chi connectivity index (χ2v) is 5.17. The number of piperidine rings is 1. The molecule has 0 aliphatic carbocycles. The Morgan fingerprint density at radius 3 is 3.16 bits per heavy atom. The molecule has 1 fully saturated rings. The Hall–Kier alpha value is -1.13. The van der Waals surface area contributed by atoms with Gasteiger partial charge in [0.25, 0.3) is 0 Å². The molecule has 1 unspecified atom stereocenters. The van der Waals surface area contributed by atoms with Gasteiger partial charge in [0.15, 0.2) is 0 Å². The Morgan fingerprint density at radius 2 is 2.42 bits per heavy atom. The quantitative estimate of drug-likeness (QED) is 0.887. The minimum absolute atomic E-state index is 0.289. The summed E-state index contributed by atoms with van der Waals surface area (Å²) in [5.41, 5.74) is 0.902. The maximum Gasteiger partial charge on any atom is 0.134 e. The maximum absolute atomic E-state index is 9.84. The van der Waals surface area contributed by atoms with E-state index in [0.717, 1.165) is 50.3 Å². The van der Waals surface area contributed by atoms with Crippen molar-refractivity contribution in [2.45, 2.75) is 45.3 Å². The summed E-state index contributed by atoms with van der Waals surface area (Å²) in [5.74, 6) is 0.905. The molecule has 0 amide bonds. The lowest BCUT2D eigenvalue weighted by atomic mass is 10.1. The van der Waals surface area contributed by atoms with E-state index in [2.05, 4.69) is 16.8 Å². The van der Waals surface area contributed by atoms with Crippen molar-refractivity contribution in [2.24, 2.45) is 0 Å². The van der Waals surface area contributed by atoms with E-state index in [9.17, 15) is 5.11 Å². The van der Waals surface area contributed by atoms with Crippen LogP contribution in [0.25, 0.3) is 0 Å². The molecule has 0 saturated carbocycles. The van der Waals surface area contributed by atoms with Crippen LogP contribution in [0, 0.1) is 0 Å². The molecule has 19 heavy (non-hydrogen) atoms. The fraction of sp³-hybridized carbons (Fsp3) is 0.667. The first kappa shape index (κ1) is 14.3. The molecule has 1 aromatic heterocycles. The number of aliphatic hydroxyl groups is 1. The van der Waals surface area contributed by atoms with Crippen molar-refractivity contribution in [3.05, 3.63) is 23.9 Å². The molecule has 1 aliphatic heterocycles. The van der Waals surface area contributed by atoms with Crippen LogP contribution < -0.4 is 4.90 Å². The molecule has 2 rings (SSSR count). The van der Waals surface area contributed by atoms with Crippen molar-refractivity contribution in [1.82, 2.24) is 4.98 Å². The molecular weight excluding hydrogens is 240 g/mol. The smallest absolute Gasteiger partial charge is 0.134 e. The minimum atomic E-state index is -0.486. The summed E-state index contributed by atoms with van der Waals surface area (Å²) in [4.78, 5) is 6.69. The molecule has 0 spiro atoms. The number of hydrogen-bond acceptors (Lipinski definition) is 4. The standard InChI is InChI=1S/C15H24N2O2/c1-3-10-19-13-6-5-9-17(11-13)15-14(12(2)18)7-4-8-16-15/h4,7-8,12-13,18H,3,5-6,9-11H2,1-2H3/t12-,13?/m1/s1. The predicted octanol–water partition coefficient (Wildman–Crippen LogP) is 2.53. The Balaban J connectivity index is 2.08. The largest absolute Gasteiger partial charge is 0.389 e. The van der Waals surface area contributed by atoms with Gasteiger partial charge in [-0.3, -0.25) is 0 Å². The summed E-state index contributed by atoms with van der Waals surface area (Å²) in [6.45, 7) is 6.60. The normalized spacial score (nSPS) is 21.4. The SMILES string of the molecule is CCCOC1CCCN(c2ncccc2[C@@H](C)O)C1. The Labute approximate surface area is 115 Å². The predicted molar refractivity (Wildman–Crippen MR) is 76.3 cm³/mol. The van der Waals surface area contributed by atoms with E-state index >= 15 is 0 Å². The number of hydrogen-bond donors (Lipinski definition) is 1. The summed E-state index contributed by atoms with van der Waals surface area (Å²) >= 11 is 0. The van der Waals surface area contributed by atoms with Crippen LogP contribution in [0.2, 0.25) is 0 Å². The average molecular weight is 264 g/mol. The van der Waals surface area contributed by atoms with Crippen molar-refractivity contribution in [2.75, 3.05) is 24.6 Å². The van der Waals surface area contributed by atoms with Crippen LogP contribution in [0.3, 0.4) is 0 Å². The molecule has 4 heteroatoms. The second-order valence-electron chi connectivity index (χ2n) is 5.17. The number of aliphatic hydroxyl groups excluding tert-OH is 1. The summed E-state index contributed by atoms with van der Waals surface area (Å²) in [6, 6.07) is 3.82. The molecule has 4 nitrogen and oxygen atoms in total. The Morgan fingerprint density at radius 1 is 1.58 bits per heavy atom. The molecule has 0 aromatic carbocycles. The Kier molecular flexibility index (Phi) is 5.16. The van der Waals surface area contributed by atoms with E-state index in [1.165, 1.54) is 0 Å². The summed E-state index contributed by atoms with van der Waals surface area (Å²) in [5, 5.41) is 9.84. The molecule has 1 aliphatic rings. The van der Waals surface area contributed by atoms with Crippen LogP contribution in [0.15, 0.2) is 18.3 Å². The van der Waals surface area contributed by atoms with E-state index in [1.807, 2.05) is 12.1 Å². The second kappa shape index (κ2) is 6.87. The van der Waals surface area contributed by atoms with Gasteiger partial charge < -0.3 is 14.7 Å². The van der Waals surface area contributed by atoms with E-state index in [-0.39, 0.29) is 6.10 Å². The number of aromatic nitrogens is 1. The molecular formula is C15H24N2O2. The minimum Gasteiger partial charge on any atom is -0.389 e. The van der Waals surface area contributed by atoms with Crippen molar-refractivity contribution in [3.63, 3.8) is 0 Å². The van der Waals surface area contributed by atoms with E-state index in [1.54, 1.807) is 13.1 Å². The summed E-state index contributed by atoms with van der Waals surface area (Å²) in [7, 11) is 0. The number of anilines is 1.